The molecule has 0 bridgehead atoms. The van der Waals surface area contributed by atoms with Crippen molar-refractivity contribution in [3.05, 3.63) is 0 Å². The Balaban J connectivity index is 4.31. The first kappa shape index (κ1) is 13.5. The SMILES string of the molecule is COC(C)C(O)C(=O)[C@H](O)[C@H](O)CO. The molecule has 0 rings (SSSR count). The van der Waals surface area contributed by atoms with Crippen molar-refractivity contribution >= 4 is 5.78 Å². The fourth-order valence-electron chi connectivity index (χ4n) is 0.825. The van der Waals surface area contributed by atoms with Crippen molar-refractivity contribution in [1.82, 2.24) is 0 Å². The molecular formula is C8H16O6. The van der Waals surface area contributed by atoms with E-state index in [1.54, 1.807) is 0 Å². The van der Waals surface area contributed by atoms with Crippen molar-refractivity contribution in [2.24, 2.45) is 0 Å². The number of ketones is 1. The van der Waals surface area contributed by atoms with Crippen LogP contribution < -0.4 is 0 Å². The van der Waals surface area contributed by atoms with Crippen LogP contribution in [0, 0.1) is 0 Å². The van der Waals surface area contributed by atoms with Crippen molar-refractivity contribution in [3.8, 4) is 0 Å². The normalized spacial score (nSPS) is 19.9. The van der Waals surface area contributed by atoms with Crippen molar-refractivity contribution in [2.45, 2.75) is 31.3 Å². The van der Waals surface area contributed by atoms with Gasteiger partial charge in [-0.1, -0.05) is 0 Å². The lowest BCUT2D eigenvalue weighted by molar-refractivity contribution is -0.149. The molecule has 0 aliphatic rings. The predicted molar refractivity (Wildman–Crippen MR) is 46.6 cm³/mol. The van der Waals surface area contributed by atoms with Gasteiger partial charge in [-0.3, -0.25) is 4.79 Å². The summed E-state index contributed by atoms with van der Waals surface area (Å²) in [5.41, 5.74) is 0. The molecule has 0 spiro atoms. The van der Waals surface area contributed by atoms with E-state index in [2.05, 4.69) is 4.74 Å². The predicted octanol–water partition coefficient (Wildman–Crippen LogP) is -2.33. The molecule has 0 heterocycles. The van der Waals surface area contributed by atoms with Crippen LogP contribution in [0.3, 0.4) is 0 Å². The average molecular weight is 208 g/mol. The molecule has 4 atom stereocenters. The summed E-state index contributed by atoms with van der Waals surface area (Å²) in [6.45, 7) is 0.696. The molecule has 14 heavy (non-hydrogen) atoms. The number of carbonyl (C=O) groups is 1. The van der Waals surface area contributed by atoms with Crippen LogP contribution in [0.4, 0.5) is 0 Å². The zero-order chi connectivity index (χ0) is 11.3. The summed E-state index contributed by atoms with van der Waals surface area (Å²) in [5.74, 6) is -0.971. The molecule has 0 aromatic rings. The highest BCUT2D eigenvalue weighted by Gasteiger charge is 2.32. The molecule has 6 nitrogen and oxygen atoms in total. The van der Waals surface area contributed by atoms with Gasteiger partial charge in [-0.05, 0) is 6.92 Å². The van der Waals surface area contributed by atoms with Crippen molar-refractivity contribution in [3.63, 3.8) is 0 Å². The molecule has 0 aliphatic carbocycles. The lowest BCUT2D eigenvalue weighted by Crippen LogP contribution is -2.46. The molecular weight excluding hydrogens is 192 g/mol. The fraction of sp³-hybridized carbons (Fsp3) is 0.875. The zero-order valence-corrected chi connectivity index (χ0v) is 8.12. The highest BCUT2D eigenvalue weighted by molar-refractivity contribution is 5.88. The number of hydrogen-bond donors (Lipinski definition) is 4. The molecule has 0 aromatic carbocycles. The maximum absolute atomic E-state index is 11.2. The zero-order valence-electron chi connectivity index (χ0n) is 8.12. The van der Waals surface area contributed by atoms with Crippen LogP contribution in [0.25, 0.3) is 0 Å². The lowest BCUT2D eigenvalue weighted by atomic mass is 10.0. The molecule has 4 N–H and O–H groups in total. The van der Waals surface area contributed by atoms with Crippen LogP contribution in [-0.2, 0) is 9.53 Å². The Hall–Kier alpha value is -0.530. The Morgan fingerprint density at radius 1 is 1.29 bits per heavy atom. The van der Waals surface area contributed by atoms with Crippen molar-refractivity contribution in [1.29, 1.82) is 0 Å². The van der Waals surface area contributed by atoms with Crippen molar-refractivity contribution < 1.29 is 30.0 Å². The largest absolute Gasteiger partial charge is 0.394 e. The monoisotopic (exact) mass is 208 g/mol. The van der Waals surface area contributed by atoms with Crippen LogP contribution in [0.2, 0.25) is 0 Å². The van der Waals surface area contributed by atoms with Crippen molar-refractivity contribution in [2.75, 3.05) is 13.7 Å². The van der Waals surface area contributed by atoms with Crippen LogP contribution in [-0.4, -0.2) is 64.3 Å². The molecule has 0 radical (unpaired) electrons. The fourth-order valence-corrected chi connectivity index (χ4v) is 0.825. The number of aliphatic hydroxyl groups is 4. The second kappa shape index (κ2) is 6.05. The highest BCUT2D eigenvalue weighted by Crippen LogP contribution is 2.04. The summed E-state index contributed by atoms with van der Waals surface area (Å²) < 4.78 is 4.67. The lowest BCUT2D eigenvalue weighted by Gasteiger charge is -2.21. The standard InChI is InChI=1S/C8H16O6/c1-4(14-2)6(11)8(13)7(12)5(10)3-9/h4-7,9-12H,3H2,1-2H3/t4?,5-,6?,7-/m1/s1. The number of methoxy groups -OCH3 is 1. The summed E-state index contributed by atoms with van der Waals surface area (Å²) in [5, 5.41) is 35.8. The van der Waals surface area contributed by atoms with Gasteiger partial charge in [0.15, 0.2) is 5.78 Å². The summed E-state index contributed by atoms with van der Waals surface area (Å²) >= 11 is 0. The molecule has 0 saturated carbocycles. The minimum Gasteiger partial charge on any atom is -0.394 e. The van der Waals surface area contributed by atoms with E-state index in [1.807, 2.05) is 0 Å². The smallest absolute Gasteiger partial charge is 0.195 e. The highest BCUT2D eigenvalue weighted by atomic mass is 16.5. The van der Waals surface area contributed by atoms with Crippen LogP contribution >= 0.6 is 0 Å². The Kier molecular flexibility index (Phi) is 5.82. The van der Waals surface area contributed by atoms with E-state index in [0.717, 1.165) is 0 Å². The number of aliphatic hydroxyl groups excluding tert-OH is 4. The Labute approximate surface area is 81.7 Å². The van der Waals surface area contributed by atoms with Crippen LogP contribution in [0.5, 0.6) is 0 Å². The van der Waals surface area contributed by atoms with Gasteiger partial charge in [-0.15, -0.1) is 0 Å². The van der Waals surface area contributed by atoms with Gasteiger partial charge >= 0.3 is 0 Å². The number of rotatable bonds is 6. The molecule has 0 saturated heterocycles. The van der Waals surface area contributed by atoms with Gasteiger partial charge in [0.25, 0.3) is 0 Å². The summed E-state index contributed by atoms with van der Waals surface area (Å²) in [7, 11) is 1.30. The molecule has 2 unspecified atom stereocenters. The van der Waals surface area contributed by atoms with Gasteiger partial charge in [-0.2, -0.15) is 0 Å². The van der Waals surface area contributed by atoms with E-state index in [0.29, 0.717) is 0 Å². The average Bonchev–Trinajstić information content (AvgIpc) is 2.23. The van der Waals surface area contributed by atoms with Gasteiger partial charge in [0.2, 0.25) is 0 Å². The molecule has 0 amide bonds. The molecule has 6 heteroatoms. The second-order valence-electron chi connectivity index (χ2n) is 2.98. The Bertz CT molecular complexity index is 165. The second-order valence-corrected chi connectivity index (χ2v) is 2.98. The molecule has 0 aromatic heterocycles. The number of Topliss-reactive ketones (excluding diaryl/α,β-unsaturated/α-hetero) is 1. The first-order valence-corrected chi connectivity index (χ1v) is 4.17. The Morgan fingerprint density at radius 2 is 1.79 bits per heavy atom. The minimum absolute atomic E-state index is 0.749. The first-order valence-electron chi connectivity index (χ1n) is 4.17. The molecule has 0 fully saturated rings. The van der Waals surface area contributed by atoms with Crippen LogP contribution in [0.15, 0.2) is 0 Å². The third-order valence-corrected chi connectivity index (χ3v) is 1.95. The topological polar surface area (TPSA) is 107 Å². The van der Waals surface area contributed by atoms with Gasteiger partial charge < -0.3 is 25.2 Å². The molecule has 0 aliphatic heterocycles. The quantitative estimate of drug-likeness (QED) is 0.390. The van der Waals surface area contributed by atoms with E-state index in [9.17, 15) is 9.90 Å². The Morgan fingerprint density at radius 3 is 2.14 bits per heavy atom. The van der Waals surface area contributed by atoms with Gasteiger partial charge in [0, 0.05) is 7.11 Å². The minimum atomic E-state index is -1.80. The van der Waals surface area contributed by atoms with Gasteiger partial charge in [0.05, 0.1) is 12.7 Å². The van der Waals surface area contributed by atoms with E-state index in [4.69, 9.17) is 15.3 Å². The third kappa shape index (κ3) is 3.32. The number of carbonyl (C=O) groups excluding carboxylic acids is 1. The summed E-state index contributed by atoms with van der Waals surface area (Å²) in [6, 6.07) is 0. The first-order chi connectivity index (χ1) is 6.45. The maximum atomic E-state index is 11.2. The van der Waals surface area contributed by atoms with E-state index < -0.39 is 36.8 Å². The summed E-state index contributed by atoms with van der Waals surface area (Å²) in [6.07, 6.45) is -5.67. The third-order valence-electron chi connectivity index (χ3n) is 1.95. The van der Waals surface area contributed by atoms with E-state index in [1.165, 1.54) is 14.0 Å². The molecule has 84 valence electrons. The number of hydrogen-bond acceptors (Lipinski definition) is 6. The van der Waals surface area contributed by atoms with Gasteiger partial charge in [0.1, 0.15) is 18.3 Å². The van der Waals surface area contributed by atoms with E-state index in [-0.39, 0.29) is 0 Å². The van der Waals surface area contributed by atoms with Gasteiger partial charge in [-0.25, -0.2) is 0 Å². The van der Waals surface area contributed by atoms with E-state index >= 15 is 0 Å². The van der Waals surface area contributed by atoms with Crippen LogP contribution in [0.1, 0.15) is 6.92 Å². The number of ether oxygens (including phenoxy) is 1. The maximum Gasteiger partial charge on any atom is 0.195 e. The summed E-state index contributed by atoms with van der Waals surface area (Å²) in [4.78, 5) is 11.2.